The second kappa shape index (κ2) is 5.25. The molecule has 0 radical (unpaired) electrons. The van der Waals surface area contributed by atoms with Crippen molar-refractivity contribution in [3.05, 3.63) is 65.2 Å². The number of fused-ring (bicyclic) bond motifs is 1. The van der Waals surface area contributed by atoms with E-state index < -0.39 is 0 Å². The van der Waals surface area contributed by atoms with E-state index in [1.807, 2.05) is 41.3 Å². The number of hydrogen-bond acceptors (Lipinski definition) is 2. The van der Waals surface area contributed by atoms with Gasteiger partial charge in [-0.2, -0.15) is 5.26 Å². The Morgan fingerprint density at radius 2 is 1.74 bits per heavy atom. The quantitative estimate of drug-likeness (QED) is 0.876. The number of amidine groups is 1. The smallest absolute Gasteiger partial charge is 0.133 e. The summed E-state index contributed by atoms with van der Waals surface area (Å²) in [6.45, 7) is 0.723. The van der Waals surface area contributed by atoms with Crippen molar-refractivity contribution in [2.45, 2.75) is 6.54 Å². The summed E-state index contributed by atoms with van der Waals surface area (Å²) in [6.07, 6.45) is 0. The highest BCUT2D eigenvalue weighted by Crippen LogP contribution is 2.27. The maximum atomic E-state index is 8.78. The lowest BCUT2D eigenvalue weighted by Crippen LogP contribution is -2.22. The second-order valence-corrected chi connectivity index (χ2v) is 4.25. The third kappa shape index (κ3) is 2.25. The van der Waals surface area contributed by atoms with E-state index in [0.717, 1.165) is 17.8 Å². The molecule has 2 aromatic carbocycles. The van der Waals surface area contributed by atoms with Crippen LogP contribution in [0.5, 0.6) is 0 Å². The van der Waals surface area contributed by atoms with Crippen LogP contribution in [-0.2, 0) is 6.54 Å². The lowest BCUT2D eigenvalue weighted by Gasteiger charge is -2.17. The number of benzene rings is 2. The maximum absolute atomic E-state index is 8.78. The molecular formula is C15H12BrN3. The molecule has 19 heavy (non-hydrogen) atoms. The number of nitriles is 1. The van der Waals surface area contributed by atoms with Crippen LogP contribution in [-0.4, -0.2) is 5.84 Å². The molecule has 0 aromatic heterocycles. The third-order valence-corrected chi connectivity index (χ3v) is 3.18. The molecule has 3 nitrogen and oxygen atoms in total. The van der Waals surface area contributed by atoms with E-state index in [4.69, 9.17) is 10.7 Å². The van der Waals surface area contributed by atoms with Crippen molar-refractivity contribution in [3.8, 4) is 6.07 Å². The van der Waals surface area contributed by atoms with Gasteiger partial charge >= 0.3 is 0 Å². The zero-order valence-corrected chi connectivity index (χ0v) is 11.8. The zero-order valence-electron chi connectivity index (χ0n) is 10.1. The Morgan fingerprint density at radius 3 is 2.37 bits per heavy atom. The SMILES string of the molecule is Br.N#Cc1ccc(N2Cc3ccccc3C2=N)cc1. The molecule has 0 unspecified atom stereocenters. The van der Waals surface area contributed by atoms with Crippen molar-refractivity contribution in [2.75, 3.05) is 4.90 Å². The molecule has 0 fully saturated rings. The highest BCUT2D eigenvalue weighted by atomic mass is 79.9. The van der Waals surface area contributed by atoms with E-state index in [2.05, 4.69) is 6.07 Å². The van der Waals surface area contributed by atoms with Crippen LogP contribution in [0.2, 0.25) is 0 Å². The van der Waals surface area contributed by atoms with Crippen LogP contribution in [0.15, 0.2) is 48.5 Å². The topological polar surface area (TPSA) is 50.9 Å². The van der Waals surface area contributed by atoms with Gasteiger partial charge in [0.15, 0.2) is 0 Å². The summed E-state index contributed by atoms with van der Waals surface area (Å²) in [5, 5.41) is 17.0. The van der Waals surface area contributed by atoms with Crippen molar-refractivity contribution >= 4 is 28.5 Å². The predicted molar refractivity (Wildman–Crippen MR) is 80.9 cm³/mol. The maximum Gasteiger partial charge on any atom is 0.133 e. The Morgan fingerprint density at radius 1 is 1.05 bits per heavy atom. The molecule has 0 atom stereocenters. The first-order chi connectivity index (χ1) is 8.79. The molecule has 0 bridgehead atoms. The van der Waals surface area contributed by atoms with E-state index in [0.29, 0.717) is 11.4 Å². The summed E-state index contributed by atoms with van der Waals surface area (Å²) in [7, 11) is 0. The van der Waals surface area contributed by atoms with Crippen LogP contribution in [0, 0.1) is 16.7 Å². The van der Waals surface area contributed by atoms with Gasteiger partial charge in [0.25, 0.3) is 0 Å². The number of nitrogens with zero attached hydrogens (tertiary/aromatic N) is 2. The predicted octanol–water partition coefficient (Wildman–Crippen LogP) is 3.48. The number of rotatable bonds is 1. The van der Waals surface area contributed by atoms with Crippen LogP contribution in [0.25, 0.3) is 0 Å². The molecule has 1 aliphatic rings. The Labute approximate surface area is 122 Å². The van der Waals surface area contributed by atoms with Crippen LogP contribution in [0.4, 0.5) is 5.69 Å². The molecule has 94 valence electrons. The monoisotopic (exact) mass is 313 g/mol. The summed E-state index contributed by atoms with van der Waals surface area (Å²) in [4.78, 5) is 1.95. The molecule has 4 heteroatoms. The van der Waals surface area contributed by atoms with Crippen LogP contribution in [0.3, 0.4) is 0 Å². The third-order valence-electron chi connectivity index (χ3n) is 3.18. The molecule has 1 N–H and O–H groups in total. The van der Waals surface area contributed by atoms with Gasteiger partial charge in [-0.25, -0.2) is 0 Å². The van der Waals surface area contributed by atoms with E-state index in [-0.39, 0.29) is 17.0 Å². The first kappa shape index (κ1) is 13.3. The van der Waals surface area contributed by atoms with Crippen molar-refractivity contribution < 1.29 is 0 Å². The van der Waals surface area contributed by atoms with E-state index in [1.165, 1.54) is 5.56 Å². The van der Waals surface area contributed by atoms with Crippen molar-refractivity contribution in [2.24, 2.45) is 0 Å². The van der Waals surface area contributed by atoms with Gasteiger partial charge in [-0.15, -0.1) is 17.0 Å². The highest BCUT2D eigenvalue weighted by Gasteiger charge is 2.24. The minimum atomic E-state index is 0. The number of anilines is 1. The van der Waals surface area contributed by atoms with Gasteiger partial charge < -0.3 is 4.90 Å². The van der Waals surface area contributed by atoms with Gasteiger partial charge in [-0.05, 0) is 29.8 Å². The first-order valence-corrected chi connectivity index (χ1v) is 5.74. The van der Waals surface area contributed by atoms with Crippen molar-refractivity contribution in [1.29, 1.82) is 10.7 Å². The molecule has 1 heterocycles. The van der Waals surface area contributed by atoms with E-state index in [1.54, 1.807) is 12.1 Å². The average molecular weight is 314 g/mol. The van der Waals surface area contributed by atoms with Gasteiger partial charge in [-0.3, -0.25) is 5.41 Å². The minimum Gasteiger partial charge on any atom is -0.322 e. The number of hydrogen-bond donors (Lipinski definition) is 1. The summed E-state index contributed by atoms with van der Waals surface area (Å²) in [6, 6.07) is 17.4. The summed E-state index contributed by atoms with van der Waals surface area (Å²) < 4.78 is 0. The number of halogens is 1. The van der Waals surface area contributed by atoms with E-state index in [9.17, 15) is 0 Å². The van der Waals surface area contributed by atoms with Crippen LogP contribution >= 0.6 is 17.0 Å². The average Bonchev–Trinajstić information content (AvgIpc) is 2.77. The molecular weight excluding hydrogens is 302 g/mol. The molecule has 2 aromatic rings. The largest absolute Gasteiger partial charge is 0.322 e. The Kier molecular flexibility index (Phi) is 3.68. The lowest BCUT2D eigenvalue weighted by molar-refractivity contribution is 1.05. The standard InChI is InChI=1S/C15H11N3.BrH/c16-9-11-5-7-13(8-6-11)18-10-12-3-1-2-4-14(12)15(18)17;/h1-8,17H,10H2;1H. The lowest BCUT2D eigenvalue weighted by atomic mass is 10.1. The Balaban J connectivity index is 0.00000133. The molecule has 3 rings (SSSR count). The molecule has 0 saturated carbocycles. The Bertz CT molecular complexity index is 656. The number of nitrogens with one attached hydrogen (secondary N) is 1. The summed E-state index contributed by atoms with van der Waals surface area (Å²) in [5.74, 6) is 0.523. The Hall–Kier alpha value is -2.12. The van der Waals surface area contributed by atoms with Gasteiger partial charge in [0.1, 0.15) is 5.84 Å². The van der Waals surface area contributed by atoms with Gasteiger partial charge in [-0.1, -0.05) is 24.3 Å². The molecule has 0 spiro atoms. The highest BCUT2D eigenvalue weighted by molar-refractivity contribution is 8.93. The summed E-state index contributed by atoms with van der Waals surface area (Å²) in [5.41, 5.74) is 3.76. The molecule has 1 aliphatic heterocycles. The van der Waals surface area contributed by atoms with Crippen LogP contribution in [0.1, 0.15) is 16.7 Å². The van der Waals surface area contributed by atoms with E-state index >= 15 is 0 Å². The molecule has 0 aliphatic carbocycles. The van der Waals surface area contributed by atoms with Gasteiger partial charge in [0, 0.05) is 11.3 Å². The van der Waals surface area contributed by atoms with Crippen molar-refractivity contribution in [1.82, 2.24) is 0 Å². The van der Waals surface area contributed by atoms with Crippen molar-refractivity contribution in [3.63, 3.8) is 0 Å². The fourth-order valence-corrected chi connectivity index (χ4v) is 2.22. The van der Waals surface area contributed by atoms with Gasteiger partial charge in [0.05, 0.1) is 18.2 Å². The fraction of sp³-hybridized carbons (Fsp3) is 0.0667. The summed E-state index contributed by atoms with van der Waals surface area (Å²) >= 11 is 0. The normalized spacial score (nSPS) is 12.6. The fourth-order valence-electron chi connectivity index (χ4n) is 2.22. The first-order valence-electron chi connectivity index (χ1n) is 5.74. The van der Waals surface area contributed by atoms with Crippen LogP contribution < -0.4 is 4.90 Å². The molecule has 0 saturated heterocycles. The minimum absolute atomic E-state index is 0. The second-order valence-electron chi connectivity index (χ2n) is 4.25. The molecule has 0 amide bonds. The zero-order chi connectivity index (χ0) is 12.5. The van der Waals surface area contributed by atoms with Gasteiger partial charge in [0.2, 0.25) is 0 Å².